The maximum Gasteiger partial charge on any atom is 0.331 e. The van der Waals surface area contributed by atoms with E-state index in [1.54, 1.807) is 20.2 Å². The van der Waals surface area contributed by atoms with Gasteiger partial charge in [-0.15, -0.1) is 0 Å². The fourth-order valence-corrected chi connectivity index (χ4v) is 2.66. The van der Waals surface area contributed by atoms with Crippen LogP contribution in [-0.4, -0.2) is 37.5 Å². The molecule has 2 aromatic rings. The number of para-hydroxylation sites is 1. The number of esters is 1. The molecule has 0 bridgehead atoms. The second kappa shape index (κ2) is 9.77. The molecule has 26 heavy (non-hydrogen) atoms. The zero-order valence-corrected chi connectivity index (χ0v) is 16.2. The number of benzene rings is 2. The van der Waals surface area contributed by atoms with Crippen LogP contribution in [0.15, 0.2) is 59.1 Å². The van der Waals surface area contributed by atoms with Gasteiger partial charge >= 0.3 is 5.97 Å². The van der Waals surface area contributed by atoms with Crippen molar-refractivity contribution in [1.29, 1.82) is 0 Å². The number of hydrogen-bond acceptors (Lipinski definition) is 4. The Morgan fingerprint density at radius 1 is 1.15 bits per heavy atom. The Balaban J connectivity index is 1.84. The number of hydrogen-bond donors (Lipinski definition) is 0. The molecule has 0 aliphatic carbocycles. The lowest BCUT2D eigenvalue weighted by Gasteiger charge is -2.18. The van der Waals surface area contributed by atoms with Crippen molar-refractivity contribution in [2.45, 2.75) is 6.54 Å². The molecule has 0 heterocycles. The lowest BCUT2D eigenvalue weighted by Crippen LogP contribution is -2.30. The van der Waals surface area contributed by atoms with Crippen LogP contribution in [0.3, 0.4) is 0 Å². The zero-order chi connectivity index (χ0) is 18.9. The molecule has 0 fully saturated rings. The van der Waals surface area contributed by atoms with Gasteiger partial charge in [-0.1, -0.05) is 46.3 Å². The van der Waals surface area contributed by atoms with E-state index in [-0.39, 0.29) is 12.5 Å². The first-order valence-corrected chi connectivity index (χ1v) is 8.75. The number of ether oxygens (including phenoxy) is 2. The third-order valence-corrected chi connectivity index (χ3v) is 4.12. The number of likely N-dealkylation sites (N-methyl/N-ethyl adjacent to an activating group) is 1. The van der Waals surface area contributed by atoms with Gasteiger partial charge in [0.25, 0.3) is 5.91 Å². The Labute approximate surface area is 161 Å². The number of rotatable bonds is 7. The fraction of sp³-hybridized carbons (Fsp3) is 0.200. The van der Waals surface area contributed by atoms with E-state index < -0.39 is 5.97 Å². The van der Waals surface area contributed by atoms with Crippen molar-refractivity contribution >= 4 is 33.9 Å². The average Bonchev–Trinajstić information content (AvgIpc) is 2.64. The van der Waals surface area contributed by atoms with Gasteiger partial charge in [0.1, 0.15) is 5.75 Å². The van der Waals surface area contributed by atoms with Gasteiger partial charge in [-0.3, -0.25) is 4.79 Å². The van der Waals surface area contributed by atoms with Gasteiger partial charge in [0, 0.05) is 29.7 Å². The third-order valence-electron chi connectivity index (χ3n) is 3.62. The summed E-state index contributed by atoms with van der Waals surface area (Å²) in [6, 6.07) is 15.0. The summed E-state index contributed by atoms with van der Waals surface area (Å²) in [4.78, 5) is 25.4. The molecule has 0 unspecified atom stereocenters. The first-order valence-electron chi connectivity index (χ1n) is 7.96. The number of carbonyl (C=O) groups excluding carboxylic acids is 2. The topological polar surface area (TPSA) is 55.8 Å². The second-order valence-corrected chi connectivity index (χ2v) is 6.47. The minimum Gasteiger partial charge on any atom is -0.496 e. The molecule has 1 amide bonds. The van der Waals surface area contributed by atoms with Crippen LogP contribution in [0.4, 0.5) is 0 Å². The molecule has 2 rings (SSSR count). The van der Waals surface area contributed by atoms with Crippen molar-refractivity contribution in [3.05, 3.63) is 70.2 Å². The van der Waals surface area contributed by atoms with Crippen molar-refractivity contribution in [2.24, 2.45) is 0 Å². The van der Waals surface area contributed by atoms with E-state index in [1.165, 1.54) is 11.0 Å². The van der Waals surface area contributed by atoms with Crippen LogP contribution in [0.1, 0.15) is 11.1 Å². The van der Waals surface area contributed by atoms with Gasteiger partial charge in [-0.05, 0) is 29.8 Å². The summed E-state index contributed by atoms with van der Waals surface area (Å²) in [6.07, 6.45) is 2.94. The predicted molar refractivity (Wildman–Crippen MR) is 104 cm³/mol. The van der Waals surface area contributed by atoms with E-state index in [0.29, 0.717) is 12.3 Å². The maximum absolute atomic E-state index is 12.1. The van der Waals surface area contributed by atoms with E-state index >= 15 is 0 Å². The Hall–Kier alpha value is -2.60. The van der Waals surface area contributed by atoms with E-state index in [9.17, 15) is 9.59 Å². The molecular formula is C20H20BrNO4. The molecule has 0 radical (unpaired) electrons. The molecule has 5 nitrogen and oxygen atoms in total. The highest BCUT2D eigenvalue weighted by Gasteiger charge is 2.13. The van der Waals surface area contributed by atoms with Gasteiger partial charge in [-0.2, -0.15) is 0 Å². The number of amides is 1. The molecule has 2 aromatic carbocycles. The highest BCUT2D eigenvalue weighted by molar-refractivity contribution is 9.10. The molecule has 0 saturated carbocycles. The van der Waals surface area contributed by atoms with E-state index in [0.717, 1.165) is 15.6 Å². The first-order chi connectivity index (χ1) is 12.5. The average molecular weight is 418 g/mol. The van der Waals surface area contributed by atoms with Crippen LogP contribution in [0.5, 0.6) is 5.75 Å². The van der Waals surface area contributed by atoms with Crippen LogP contribution < -0.4 is 4.74 Å². The fourth-order valence-electron chi connectivity index (χ4n) is 2.24. The molecule has 6 heteroatoms. The number of methoxy groups -OCH3 is 1. The van der Waals surface area contributed by atoms with E-state index in [2.05, 4.69) is 15.9 Å². The van der Waals surface area contributed by atoms with Crippen molar-refractivity contribution in [1.82, 2.24) is 4.90 Å². The molecule has 0 saturated heterocycles. The highest BCUT2D eigenvalue weighted by atomic mass is 79.9. The van der Waals surface area contributed by atoms with E-state index in [4.69, 9.17) is 9.47 Å². The monoisotopic (exact) mass is 417 g/mol. The van der Waals surface area contributed by atoms with Gasteiger partial charge in [0.05, 0.1) is 7.11 Å². The molecule has 0 aromatic heterocycles. The summed E-state index contributed by atoms with van der Waals surface area (Å²) >= 11 is 3.36. The zero-order valence-electron chi connectivity index (χ0n) is 14.6. The molecule has 0 aliphatic rings. The molecule has 0 N–H and O–H groups in total. The van der Waals surface area contributed by atoms with Crippen LogP contribution >= 0.6 is 15.9 Å². The number of carbonyl (C=O) groups is 2. The number of nitrogens with zero attached hydrogens (tertiary/aromatic N) is 1. The van der Waals surface area contributed by atoms with Gasteiger partial charge < -0.3 is 14.4 Å². The van der Waals surface area contributed by atoms with Gasteiger partial charge in [0.15, 0.2) is 6.61 Å². The maximum atomic E-state index is 12.1. The summed E-state index contributed by atoms with van der Waals surface area (Å²) in [5, 5.41) is 0. The van der Waals surface area contributed by atoms with Gasteiger partial charge in [-0.25, -0.2) is 4.79 Å². The lowest BCUT2D eigenvalue weighted by atomic mass is 10.2. The molecule has 0 aliphatic heterocycles. The summed E-state index contributed by atoms with van der Waals surface area (Å²) in [5.74, 6) is -0.148. The summed E-state index contributed by atoms with van der Waals surface area (Å²) in [5.41, 5.74) is 1.74. The largest absolute Gasteiger partial charge is 0.496 e. The highest BCUT2D eigenvalue weighted by Crippen LogP contribution is 2.18. The van der Waals surface area contributed by atoms with Crippen LogP contribution in [-0.2, 0) is 20.9 Å². The summed E-state index contributed by atoms with van der Waals surface area (Å²) in [7, 11) is 3.24. The van der Waals surface area contributed by atoms with Crippen molar-refractivity contribution in [3.8, 4) is 5.75 Å². The van der Waals surface area contributed by atoms with Crippen LogP contribution in [0, 0.1) is 0 Å². The Bertz CT molecular complexity index is 804. The minimum absolute atomic E-state index is 0.292. The van der Waals surface area contributed by atoms with Crippen molar-refractivity contribution in [2.75, 3.05) is 20.8 Å². The summed E-state index contributed by atoms with van der Waals surface area (Å²) < 4.78 is 11.2. The Morgan fingerprint density at radius 3 is 2.65 bits per heavy atom. The van der Waals surface area contributed by atoms with E-state index in [1.807, 2.05) is 48.5 Å². The third kappa shape index (κ3) is 6.04. The normalized spacial score (nSPS) is 10.6. The molecular weight excluding hydrogens is 398 g/mol. The van der Waals surface area contributed by atoms with Crippen LogP contribution in [0.25, 0.3) is 6.08 Å². The van der Waals surface area contributed by atoms with Crippen molar-refractivity contribution < 1.29 is 19.1 Å². The van der Waals surface area contributed by atoms with Gasteiger partial charge in [0.2, 0.25) is 0 Å². The van der Waals surface area contributed by atoms with Crippen molar-refractivity contribution in [3.63, 3.8) is 0 Å². The second-order valence-electron chi connectivity index (χ2n) is 5.56. The SMILES string of the molecule is COc1ccccc1CN(C)C(=O)COC(=O)/C=C/c1cccc(Br)c1. The Kier molecular flexibility index (Phi) is 7.41. The smallest absolute Gasteiger partial charge is 0.331 e. The predicted octanol–water partition coefficient (Wildman–Crippen LogP) is 3.67. The lowest BCUT2D eigenvalue weighted by molar-refractivity contribution is -0.147. The Morgan fingerprint density at radius 2 is 1.92 bits per heavy atom. The standard InChI is InChI=1S/C20H20BrNO4/c1-22(13-16-7-3-4-9-18(16)25-2)19(23)14-26-20(24)11-10-15-6-5-8-17(21)12-15/h3-12H,13-14H2,1-2H3/b11-10+. The minimum atomic E-state index is -0.566. The first kappa shape index (κ1) is 19.7. The molecule has 136 valence electrons. The molecule has 0 atom stereocenters. The quantitative estimate of drug-likeness (QED) is 0.509. The van der Waals surface area contributed by atoms with Crippen LogP contribution in [0.2, 0.25) is 0 Å². The molecule has 0 spiro atoms. The summed E-state index contributed by atoms with van der Waals surface area (Å²) in [6.45, 7) is 0.0571. The number of halogens is 1.